The number of aliphatic hydroxyl groups is 1. The third-order valence-corrected chi connectivity index (χ3v) is 7.03. The van der Waals surface area contributed by atoms with Crippen LogP contribution in [0.4, 0.5) is 4.39 Å². The zero-order chi connectivity index (χ0) is 25.7. The summed E-state index contributed by atoms with van der Waals surface area (Å²) in [6.45, 7) is 1.50. The van der Waals surface area contributed by atoms with E-state index in [4.69, 9.17) is 16.3 Å². The molecule has 3 atom stereocenters. The molecule has 0 aliphatic carbocycles. The number of methoxy groups -OCH3 is 1. The lowest BCUT2D eigenvalue weighted by molar-refractivity contribution is -0.146. The SMILES string of the molecule is COc1ccc2ncc(Cl)c([C@H](O)CCC3CCN(CC#Cc4cccc(F)c4)CC3C(=O)O)c2c1. The molecule has 3 aromatic rings. The highest BCUT2D eigenvalue weighted by Crippen LogP contribution is 2.36. The van der Waals surface area contributed by atoms with E-state index in [1.165, 1.54) is 18.3 Å². The van der Waals surface area contributed by atoms with Gasteiger partial charge < -0.3 is 14.9 Å². The molecule has 0 saturated carbocycles. The summed E-state index contributed by atoms with van der Waals surface area (Å²) in [5.41, 5.74) is 1.87. The molecule has 8 heteroatoms. The Kier molecular flexibility index (Phi) is 8.42. The minimum absolute atomic E-state index is 0.0778. The van der Waals surface area contributed by atoms with Crippen LogP contribution in [0.3, 0.4) is 0 Å². The second kappa shape index (κ2) is 11.7. The number of likely N-dealkylation sites (tertiary alicyclic amines) is 1. The van der Waals surface area contributed by atoms with E-state index in [-0.39, 0.29) is 11.7 Å². The topological polar surface area (TPSA) is 82.9 Å². The summed E-state index contributed by atoms with van der Waals surface area (Å²) in [6, 6.07) is 11.5. The van der Waals surface area contributed by atoms with E-state index in [1.54, 1.807) is 31.4 Å². The van der Waals surface area contributed by atoms with E-state index in [1.807, 2.05) is 11.0 Å². The van der Waals surface area contributed by atoms with Gasteiger partial charge in [0.1, 0.15) is 11.6 Å². The summed E-state index contributed by atoms with van der Waals surface area (Å²) in [4.78, 5) is 18.4. The lowest BCUT2D eigenvalue weighted by atomic mass is 9.81. The average Bonchev–Trinajstić information content (AvgIpc) is 2.87. The Morgan fingerprint density at radius 2 is 2.17 bits per heavy atom. The first-order valence-corrected chi connectivity index (χ1v) is 12.2. The minimum Gasteiger partial charge on any atom is -0.497 e. The van der Waals surface area contributed by atoms with Gasteiger partial charge in [-0.05, 0) is 68.1 Å². The first-order valence-electron chi connectivity index (χ1n) is 11.9. The van der Waals surface area contributed by atoms with Crippen LogP contribution in [0.15, 0.2) is 48.7 Å². The van der Waals surface area contributed by atoms with Crippen molar-refractivity contribution in [1.29, 1.82) is 0 Å². The van der Waals surface area contributed by atoms with Gasteiger partial charge in [-0.25, -0.2) is 4.39 Å². The Morgan fingerprint density at radius 3 is 2.92 bits per heavy atom. The summed E-state index contributed by atoms with van der Waals surface area (Å²) in [6.07, 6.45) is 2.27. The van der Waals surface area contributed by atoms with Crippen molar-refractivity contribution >= 4 is 28.5 Å². The molecule has 1 aliphatic rings. The quantitative estimate of drug-likeness (QED) is 0.439. The molecule has 2 N–H and O–H groups in total. The number of hydrogen-bond acceptors (Lipinski definition) is 5. The second-order valence-corrected chi connectivity index (χ2v) is 9.44. The van der Waals surface area contributed by atoms with Gasteiger partial charge in [-0.2, -0.15) is 0 Å². The Morgan fingerprint density at radius 1 is 1.33 bits per heavy atom. The van der Waals surface area contributed by atoms with Crippen LogP contribution in [0.1, 0.15) is 36.5 Å². The maximum absolute atomic E-state index is 13.3. The summed E-state index contributed by atoms with van der Waals surface area (Å²) in [5, 5.41) is 22.0. The van der Waals surface area contributed by atoms with E-state index in [9.17, 15) is 19.4 Å². The molecule has 1 aromatic heterocycles. The van der Waals surface area contributed by atoms with Crippen molar-refractivity contribution in [2.75, 3.05) is 26.7 Å². The highest BCUT2D eigenvalue weighted by Gasteiger charge is 2.34. The number of fused-ring (bicyclic) bond motifs is 1. The third-order valence-electron chi connectivity index (χ3n) is 6.73. The van der Waals surface area contributed by atoms with E-state index in [0.29, 0.717) is 66.3 Å². The number of nitrogens with zero attached hydrogens (tertiary/aromatic N) is 2. The van der Waals surface area contributed by atoms with E-state index >= 15 is 0 Å². The fraction of sp³-hybridized carbons (Fsp3) is 0.357. The predicted molar refractivity (Wildman–Crippen MR) is 136 cm³/mol. The zero-order valence-electron chi connectivity index (χ0n) is 20.0. The van der Waals surface area contributed by atoms with Crippen molar-refractivity contribution in [3.63, 3.8) is 0 Å². The van der Waals surface area contributed by atoms with Crippen molar-refractivity contribution in [2.45, 2.75) is 25.4 Å². The molecule has 1 saturated heterocycles. The van der Waals surface area contributed by atoms with E-state index < -0.39 is 18.0 Å². The van der Waals surface area contributed by atoms with E-state index in [2.05, 4.69) is 16.8 Å². The van der Waals surface area contributed by atoms with Crippen LogP contribution < -0.4 is 4.74 Å². The molecule has 2 heterocycles. The Balaban J connectivity index is 1.41. The van der Waals surface area contributed by atoms with Crippen LogP contribution in [0, 0.1) is 29.5 Å². The maximum atomic E-state index is 13.3. The molecule has 0 bridgehead atoms. The van der Waals surface area contributed by atoms with Crippen LogP contribution in [0.25, 0.3) is 10.9 Å². The zero-order valence-corrected chi connectivity index (χ0v) is 20.7. The second-order valence-electron chi connectivity index (χ2n) is 9.04. The van der Waals surface area contributed by atoms with Gasteiger partial charge in [0, 0.05) is 29.3 Å². The van der Waals surface area contributed by atoms with Crippen LogP contribution in [-0.4, -0.2) is 52.8 Å². The first kappa shape index (κ1) is 25.9. The van der Waals surface area contributed by atoms with Gasteiger partial charge >= 0.3 is 5.97 Å². The van der Waals surface area contributed by atoms with Gasteiger partial charge in [0.2, 0.25) is 0 Å². The van der Waals surface area contributed by atoms with Crippen LogP contribution in [0.5, 0.6) is 5.75 Å². The van der Waals surface area contributed by atoms with Crippen molar-refractivity contribution in [3.05, 3.63) is 70.6 Å². The molecule has 0 spiro atoms. The normalized spacial score (nSPS) is 18.9. The molecule has 188 valence electrons. The number of benzene rings is 2. The fourth-order valence-electron chi connectivity index (χ4n) is 4.81. The number of carboxylic acid groups (broad SMARTS) is 1. The van der Waals surface area contributed by atoms with Gasteiger partial charge in [0.25, 0.3) is 0 Å². The highest BCUT2D eigenvalue weighted by atomic mass is 35.5. The summed E-state index contributed by atoms with van der Waals surface area (Å²) in [7, 11) is 1.57. The summed E-state index contributed by atoms with van der Waals surface area (Å²) in [5.74, 6) is 4.77. The van der Waals surface area contributed by atoms with Gasteiger partial charge in [-0.15, -0.1) is 0 Å². The largest absolute Gasteiger partial charge is 0.497 e. The van der Waals surface area contributed by atoms with E-state index in [0.717, 1.165) is 5.39 Å². The van der Waals surface area contributed by atoms with Gasteiger partial charge in [-0.3, -0.25) is 14.7 Å². The van der Waals surface area contributed by atoms with Crippen molar-refractivity contribution in [2.24, 2.45) is 11.8 Å². The number of halogens is 2. The number of piperidine rings is 1. The van der Waals surface area contributed by atoms with Crippen LogP contribution in [0.2, 0.25) is 5.02 Å². The number of aromatic nitrogens is 1. The third kappa shape index (κ3) is 6.14. The molecule has 36 heavy (non-hydrogen) atoms. The number of rotatable bonds is 7. The first-order chi connectivity index (χ1) is 17.4. The molecular formula is C28H28ClFN2O4. The van der Waals surface area contributed by atoms with Gasteiger partial charge in [0.15, 0.2) is 0 Å². The molecule has 0 radical (unpaired) electrons. The number of pyridine rings is 1. The lowest BCUT2D eigenvalue weighted by Crippen LogP contribution is -2.44. The summed E-state index contributed by atoms with van der Waals surface area (Å²) < 4.78 is 18.6. The summed E-state index contributed by atoms with van der Waals surface area (Å²) >= 11 is 6.42. The van der Waals surface area contributed by atoms with Crippen LogP contribution >= 0.6 is 11.6 Å². The van der Waals surface area contributed by atoms with Crippen molar-refractivity contribution in [1.82, 2.24) is 9.88 Å². The number of aliphatic hydroxyl groups excluding tert-OH is 1. The molecule has 0 amide bonds. The van der Waals surface area contributed by atoms with Gasteiger partial charge in [-0.1, -0.05) is 29.5 Å². The molecular weight excluding hydrogens is 483 g/mol. The molecule has 4 rings (SSSR count). The molecule has 6 nitrogen and oxygen atoms in total. The number of aliphatic carboxylic acids is 1. The minimum atomic E-state index is -0.861. The fourth-order valence-corrected chi connectivity index (χ4v) is 5.08. The maximum Gasteiger partial charge on any atom is 0.308 e. The van der Waals surface area contributed by atoms with Crippen molar-refractivity contribution < 1.29 is 24.1 Å². The van der Waals surface area contributed by atoms with Gasteiger partial charge in [0.05, 0.1) is 36.2 Å². The number of carboxylic acids is 1. The number of hydrogen-bond donors (Lipinski definition) is 2. The Labute approximate surface area is 214 Å². The smallest absolute Gasteiger partial charge is 0.308 e. The lowest BCUT2D eigenvalue weighted by Gasteiger charge is -2.36. The van der Waals surface area contributed by atoms with Crippen molar-refractivity contribution in [3.8, 4) is 17.6 Å². The number of carbonyl (C=O) groups is 1. The Hall–Kier alpha value is -3.18. The average molecular weight is 511 g/mol. The highest BCUT2D eigenvalue weighted by molar-refractivity contribution is 6.32. The Bertz CT molecular complexity index is 1310. The monoisotopic (exact) mass is 510 g/mol. The predicted octanol–water partition coefficient (Wildman–Crippen LogP) is 4.92. The van der Waals surface area contributed by atoms with Crippen LogP contribution in [-0.2, 0) is 4.79 Å². The number of ether oxygens (including phenoxy) is 1. The molecule has 1 fully saturated rings. The molecule has 2 aromatic carbocycles. The standard InChI is InChI=1S/C28H28ClFN2O4/c1-36-21-8-9-25-22(15-21)27(24(29)16-31-25)26(33)10-7-19-11-13-32(17-23(19)28(34)35)12-3-5-18-4-2-6-20(30)14-18/h2,4,6,8-9,14-16,19,23,26,33H,7,10-13,17H2,1H3,(H,34,35)/t19?,23?,26-/m1/s1. The molecule has 2 unspecified atom stereocenters. The molecule has 1 aliphatic heterocycles.